The number of hydrogen-bond donors (Lipinski definition) is 0. The molecule has 0 radical (unpaired) electrons. The maximum atomic E-state index is 12.0. The number of unbranched alkanes of at least 4 members (excludes halogenated alkanes) is 1. The fraction of sp³-hybridized carbons (Fsp3) is 0.688. The number of carbonyl (C=O) groups excluding carboxylic acids is 1. The number of likely N-dealkylation sites (tertiary alicyclic amines) is 1. The third kappa shape index (κ3) is 6.06. The fourth-order valence-electron chi connectivity index (χ4n) is 2.25. The topological polar surface area (TPSA) is 29.5 Å². The van der Waals surface area contributed by atoms with Gasteiger partial charge in [-0.3, -0.25) is 4.79 Å². The van der Waals surface area contributed by atoms with E-state index in [1.807, 2.05) is 24.0 Å². The largest absolute Gasteiger partial charge is 0.378 e. The van der Waals surface area contributed by atoms with Crippen LogP contribution in [-0.2, 0) is 9.53 Å². The van der Waals surface area contributed by atoms with Gasteiger partial charge in [-0.2, -0.15) is 0 Å². The van der Waals surface area contributed by atoms with Crippen molar-refractivity contribution in [3.8, 4) is 0 Å². The number of carbonyl (C=O) groups is 1. The van der Waals surface area contributed by atoms with Crippen LogP contribution in [0.5, 0.6) is 0 Å². The Labute approximate surface area is 117 Å². The summed E-state index contributed by atoms with van der Waals surface area (Å²) in [5.74, 6) is 0.276. The van der Waals surface area contributed by atoms with Gasteiger partial charge in [-0.05, 0) is 26.2 Å². The number of hydrogen-bond acceptors (Lipinski definition) is 2. The number of amides is 1. The molecule has 1 saturated heterocycles. The molecule has 1 aliphatic rings. The van der Waals surface area contributed by atoms with Gasteiger partial charge in [0.2, 0.25) is 5.91 Å². The molecule has 0 bridgehead atoms. The molecule has 0 aromatic rings. The van der Waals surface area contributed by atoms with Gasteiger partial charge in [-0.1, -0.05) is 37.6 Å². The molecule has 3 nitrogen and oxygen atoms in total. The minimum absolute atomic E-state index is 0.276. The third-order valence-corrected chi connectivity index (χ3v) is 3.31. The Bertz CT molecular complexity index is 310. The molecule has 108 valence electrons. The van der Waals surface area contributed by atoms with Gasteiger partial charge in [-0.25, -0.2) is 0 Å². The van der Waals surface area contributed by atoms with Crippen LogP contribution >= 0.6 is 0 Å². The van der Waals surface area contributed by atoms with Crippen molar-refractivity contribution >= 4 is 5.91 Å². The number of ether oxygens (including phenoxy) is 1. The van der Waals surface area contributed by atoms with Gasteiger partial charge in [0.25, 0.3) is 0 Å². The lowest BCUT2D eigenvalue weighted by molar-refractivity contribution is -0.134. The highest BCUT2D eigenvalue weighted by molar-refractivity contribution is 5.77. The summed E-state index contributed by atoms with van der Waals surface area (Å²) >= 11 is 0. The molecule has 3 heteroatoms. The lowest BCUT2D eigenvalue weighted by atomic mass is 10.0. The summed E-state index contributed by atoms with van der Waals surface area (Å²) in [5.41, 5.74) is 0. The molecule has 0 unspecified atom stereocenters. The van der Waals surface area contributed by atoms with E-state index in [4.69, 9.17) is 4.74 Å². The molecule has 0 N–H and O–H groups in total. The second kappa shape index (κ2) is 9.79. The van der Waals surface area contributed by atoms with Crippen molar-refractivity contribution in [1.82, 2.24) is 4.90 Å². The first kappa shape index (κ1) is 16.0. The fourth-order valence-corrected chi connectivity index (χ4v) is 2.25. The molecule has 1 aliphatic heterocycles. The third-order valence-electron chi connectivity index (χ3n) is 3.31. The van der Waals surface area contributed by atoms with E-state index in [1.54, 1.807) is 0 Å². The van der Waals surface area contributed by atoms with Gasteiger partial charge in [0.1, 0.15) is 0 Å². The Balaban J connectivity index is 2.47. The Morgan fingerprint density at radius 2 is 2.16 bits per heavy atom. The molecule has 19 heavy (non-hydrogen) atoms. The summed E-state index contributed by atoms with van der Waals surface area (Å²) in [7, 11) is 0. The van der Waals surface area contributed by atoms with E-state index in [2.05, 4.69) is 19.1 Å². The average Bonchev–Trinajstić information content (AvgIpc) is 2.41. The first-order chi connectivity index (χ1) is 9.29. The van der Waals surface area contributed by atoms with Gasteiger partial charge in [0, 0.05) is 19.6 Å². The van der Waals surface area contributed by atoms with Crippen LogP contribution in [0.15, 0.2) is 24.3 Å². The maximum Gasteiger partial charge on any atom is 0.223 e. The lowest BCUT2D eigenvalue weighted by Crippen LogP contribution is -2.42. The summed E-state index contributed by atoms with van der Waals surface area (Å²) in [6, 6.07) is 0.282. The summed E-state index contributed by atoms with van der Waals surface area (Å²) < 4.78 is 5.25. The zero-order valence-corrected chi connectivity index (χ0v) is 12.3. The zero-order valence-electron chi connectivity index (χ0n) is 12.3. The SMILES string of the molecule is CCCC=C[C@H]1CCCC(=O)N1CC=CCOCC. The lowest BCUT2D eigenvalue weighted by Gasteiger charge is -2.33. The molecule has 1 amide bonds. The first-order valence-corrected chi connectivity index (χ1v) is 7.48. The Kier molecular flexibility index (Phi) is 8.23. The normalized spacial score (nSPS) is 20.8. The Morgan fingerprint density at radius 3 is 2.89 bits per heavy atom. The van der Waals surface area contributed by atoms with Crippen LogP contribution in [0.2, 0.25) is 0 Å². The van der Waals surface area contributed by atoms with Crippen molar-refractivity contribution in [2.45, 2.75) is 52.0 Å². The van der Waals surface area contributed by atoms with Crippen molar-refractivity contribution in [2.24, 2.45) is 0 Å². The van der Waals surface area contributed by atoms with Gasteiger partial charge in [-0.15, -0.1) is 0 Å². The van der Waals surface area contributed by atoms with Crippen molar-refractivity contribution < 1.29 is 9.53 Å². The number of piperidine rings is 1. The molecule has 0 aliphatic carbocycles. The molecule has 1 fully saturated rings. The van der Waals surface area contributed by atoms with Gasteiger partial charge >= 0.3 is 0 Å². The van der Waals surface area contributed by atoms with Crippen molar-refractivity contribution in [1.29, 1.82) is 0 Å². The van der Waals surface area contributed by atoms with Crippen LogP contribution in [-0.4, -0.2) is 36.6 Å². The van der Waals surface area contributed by atoms with E-state index >= 15 is 0 Å². The first-order valence-electron chi connectivity index (χ1n) is 7.48. The van der Waals surface area contributed by atoms with Crippen molar-refractivity contribution in [2.75, 3.05) is 19.8 Å². The number of rotatable bonds is 8. The van der Waals surface area contributed by atoms with E-state index in [-0.39, 0.29) is 11.9 Å². The van der Waals surface area contributed by atoms with Gasteiger partial charge in [0.15, 0.2) is 0 Å². The second-order valence-electron chi connectivity index (χ2n) is 4.85. The van der Waals surface area contributed by atoms with Crippen LogP contribution in [0.25, 0.3) is 0 Å². The second-order valence-corrected chi connectivity index (χ2v) is 4.85. The van der Waals surface area contributed by atoms with Crippen LogP contribution in [0.4, 0.5) is 0 Å². The summed E-state index contributed by atoms with van der Waals surface area (Å²) in [6.07, 6.45) is 13.5. The van der Waals surface area contributed by atoms with Gasteiger partial charge < -0.3 is 9.64 Å². The van der Waals surface area contributed by atoms with E-state index in [0.29, 0.717) is 19.6 Å². The monoisotopic (exact) mass is 265 g/mol. The van der Waals surface area contributed by atoms with Crippen molar-refractivity contribution in [3.05, 3.63) is 24.3 Å². The number of allylic oxidation sites excluding steroid dienone is 1. The predicted octanol–water partition coefficient (Wildman–Crippen LogP) is 3.32. The summed E-state index contributed by atoms with van der Waals surface area (Å²) in [5, 5.41) is 0. The zero-order chi connectivity index (χ0) is 13.9. The van der Waals surface area contributed by atoms with Crippen LogP contribution in [0.3, 0.4) is 0 Å². The minimum atomic E-state index is 0.276. The minimum Gasteiger partial charge on any atom is -0.378 e. The molecule has 0 aromatic carbocycles. The molecule has 0 saturated carbocycles. The highest BCUT2D eigenvalue weighted by atomic mass is 16.5. The average molecular weight is 265 g/mol. The molecular formula is C16H27NO2. The summed E-state index contributed by atoms with van der Waals surface area (Å²) in [6.45, 7) is 6.22. The standard InChI is InChI=1S/C16H27NO2/c1-3-5-6-10-15-11-9-12-16(18)17(15)13-7-8-14-19-4-2/h6-8,10,15H,3-5,9,11-14H2,1-2H3/t15-/m0/s1. The van der Waals surface area contributed by atoms with Crippen molar-refractivity contribution in [3.63, 3.8) is 0 Å². The van der Waals surface area contributed by atoms with Crippen LogP contribution < -0.4 is 0 Å². The smallest absolute Gasteiger partial charge is 0.223 e. The molecule has 0 aromatic heterocycles. The number of nitrogens with zero attached hydrogens (tertiary/aromatic N) is 1. The molecule has 1 atom stereocenters. The quantitative estimate of drug-likeness (QED) is 0.498. The Hall–Kier alpha value is -1.09. The molecular weight excluding hydrogens is 238 g/mol. The van der Waals surface area contributed by atoms with E-state index in [1.165, 1.54) is 0 Å². The van der Waals surface area contributed by atoms with E-state index < -0.39 is 0 Å². The highest BCUT2D eigenvalue weighted by Crippen LogP contribution is 2.19. The highest BCUT2D eigenvalue weighted by Gasteiger charge is 2.24. The van der Waals surface area contributed by atoms with Gasteiger partial charge in [0.05, 0.1) is 12.6 Å². The van der Waals surface area contributed by atoms with E-state index in [0.717, 1.165) is 32.3 Å². The summed E-state index contributed by atoms with van der Waals surface area (Å²) in [4.78, 5) is 14.0. The van der Waals surface area contributed by atoms with Crippen LogP contribution in [0.1, 0.15) is 46.0 Å². The molecule has 0 spiro atoms. The molecule has 1 rings (SSSR count). The molecule has 1 heterocycles. The van der Waals surface area contributed by atoms with Crippen LogP contribution in [0, 0.1) is 0 Å². The maximum absolute atomic E-state index is 12.0. The van der Waals surface area contributed by atoms with E-state index in [9.17, 15) is 4.79 Å². The Morgan fingerprint density at radius 1 is 1.32 bits per heavy atom. The predicted molar refractivity (Wildman–Crippen MR) is 79.0 cm³/mol.